The topological polar surface area (TPSA) is 217 Å². The first-order chi connectivity index (χ1) is 30.0. The Hall–Kier alpha value is -6.58. The maximum atomic E-state index is 14.1. The fraction of sp³-hybridized carbons (Fsp3) is 0.458. The maximum Gasteiger partial charge on any atom is 0.310 e. The molecule has 16 heteroatoms. The Labute approximate surface area is 373 Å². The lowest BCUT2D eigenvalue weighted by atomic mass is 10.0. The molecule has 64 heavy (non-hydrogen) atoms. The molecule has 4 aromatic rings. The van der Waals surface area contributed by atoms with E-state index < -0.39 is 102 Å². The van der Waals surface area contributed by atoms with Crippen molar-refractivity contribution in [2.24, 2.45) is 5.92 Å². The largest absolute Gasteiger partial charge is 0.460 e. The molecule has 3 aromatic carbocycles. The van der Waals surface area contributed by atoms with E-state index in [1.165, 1.54) is 6.92 Å². The molecule has 0 aliphatic carbocycles. The molecule has 0 aliphatic rings. The predicted octanol–water partition coefficient (Wildman–Crippen LogP) is 4.62. The molecule has 4 amide bonds. The number of fused-ring (bicyclic) bond motifs is 2. The molecular weight excluding hydrogens is 823 g/mol. The number of hydrogen-bond acceptors (Lipinski definition) is 11. The van der Waals surface area contributed by atoms with E-state index in [1.807, 2.05) is 60.7 Å². The van der Waals surface area contributed by atoms with E-state index in [9.17, 15) is 38.4 Å². The number of benzene rings is 3. The molecule has 4 rings (SSSR count). The third-order valence-electron chi connectivity index (χ3n) is 9.78. The van der Waals surface area contributed by atoms with E-state index in [0.717, 1.165) is 21.7 Å². The smallest absolute Gasteiger partial charge is 0.310 e. The fourth-order valence-corrected chi connectivity index (χ4v) is 6.88. The van der Waals surface area contributed by atoms with Gasteiger partial charge in [-0.2, -0.15) is 0 Å². The normalized spacial score (nSPS) is 13.5. The summed E-state index contributed by atoms with van der Waals surface area (Å²) < 4.78 is 18.0. The maximum absolute atomic E-state index is 14.1. The molecule has 1 heterocycles. The summed E-state index contributed by atoms with van der Waals surface area (Å²) in [6.07, 6.45) is 0.467. The van der Waals surface area contributed by atoms with Crippen molar-refractivity contribution >= 4 is 69.0 Å². The zero-order chi connectivity index (χ0) is 47.4. The van der Waals surface area contributed by atoms with E-state index in [2.05, 4.69) is 21.3 Å². The predicted molar refractivity (Wildman–Crippen MR) is 239 cm³/mol. The average Bonchev–Trinajstić information content (AvgIpc) is 3.60. The van der Waals surface area contributed by atoms with Crippen LogP contribution in [0.4, 0.5) is 0 Å². The molecule has 344 valence electrons. The van der Waals surface area contributed by atoms with Crippen molar-refractivity contribution in [3.8, 4) is 0 Å². The van der Waals surface area contributed by atoms with Crippen LogP contribution in [0.2, 0.25) is 0 Å². The number of para-hydroxylation sites is 1. The van der Waals surface area contributed by atoms with Gasteiger partial charge in [-0.1, -0.05) is 74.5 Å². The molecule has 0 spiro atoms. The van der Waals surface area contributed by atoms with Crippen LogP contribution in [0.15, 0.2) is 79.0 Å². The first kappa shape index (κ1) is 50.1. The van der Waals surface area contributed by atoms with Crippen LogP contribution in [0.3, 0.4) is 0 Å². The molecule has 1 aromatic heterocycles. The lowest BCUT2D eigenvalue weighted by Crippen LogP contribution is -2.59. The standard InChI is InChI=1S/C48H61N5O11/c1-29(2)43(46(61)51-36(26-42(58)64-48(7,8)9)39(55)28-62-41(57)25-33-18-14-17-31-15-10-12-19-34(31)33)52-44(59)35(21-22-40(56)63-47(4,5)6)50-45(60)37(49-30(3)54)27-53-24-23-32-16-11-13-20-38(32)53/h10-20,23-24,29,35-37,43H,21-22,25-28H2,1-9H3,(H,49,54)(H,50,60)(H,51,61)(H,52,59). The minimum absolute atomic E-state index is 0.00188. The summed E-state index contributed by atoms with van der Waals surface area (Å²) in [7, 11) is 0. The summed E-state index contributed by atoms with van der Waals surface area (Å²) in [6.45, 7) is 13.7. The Balaban J connectivity index is 1.53. The number of Topliss-reactive ketones (excluding diaryl/α,β-unsaturated/α-hetero) is 1. The number of ketones is 1. The first-order valence-electron chi connectivity index (χ1n) is 21.3. The van der Waals surface area contributed by atoms with E-state index in [0.29, 0.717) is 5.56 Å². The second-order valence-electron chi connectivity index (χ2n) is 18.0. The van der Waals surface area contributed by atoms with Gasteiger partial charge in [0.25, 0.3) is 0 Å². The van der Waals surface area contributed by atoms with Gasteiger partial charge in [0.15, 0.2) is 12.4 Å². The van der Waals surface area contributed by atoms with Crippen molar-refractivity contribution in [1.82, 2.24) is 25.8 Å². The Bertz CT molecular complexity index is 2330. The number of amides is 4. The molecule has 4 atom stereocenters. The molecule has 16 nitrogen and oxygen atoms in total. The molecule has 0 fully saturated rings. The lowest BCUT2D eigenvalue weighted by molar-refractivity contribution is -0.157. The minimum Gasteiger partial charge on any atom is -0.460 e. The highest BCUT2D eigenvalue weighted by Crippen LogP contribution is 2.20. The van der Waals surface area contributed by atoms with Crippen molar-refractivity contribution in [3.63, 3.8) is 0 Å². The van der Waals surface area contributed by atoms with Crippen LogP contribution in [-0.2, 0) is 65.5 Å². The van der Waals surface area contributed by atoms with Gasteiger partial charge in [-0.3, -0.25) is 38.4 Å². The van der Waals surface area contributed by atoms with Gasteiger partial charge < -0.3 is 40.0 Å². The van der Waals surface area contributed by atoms with Gasteiger partial charge in [-0.05, 0) is 87.7 Å². The number of carbonyl (C=O) groups excluding carboxylic acids is 8. The van der Waals surface area contributed by atoms with Gasteiger partial charge >= 0.3 is 17.9 Å². The van der Waals surface area contributed by atoms with Crippen molar-refractivity contribution in [1.29, 1.82) is 0 Å². The highest BCUT2D eigenvalue weighted by atomic mass is 16.6. The van der Waals surface area contributed by atoms with Gasteiger partial charge in [-0.15, -0.1) is 0 Å². The molecule has 0 radical (unpaired) electrons. The van der Waals surface area contributed by atoms with E-state index in [4.69, 9.17) is 14.2 Å². The summed E-state index contributed by atoms with van der Waals surface area (Å²) in [5.41, 5.74) is -0.276. The van der Waals surface area contributed by atoms with Gasteiger partial charge in [0, 0.05) is 25.1 Å². The van der Waals surface area contributed by atoms with Crippen LogP contribution in [0.1, 0.15) is 87.1 Å². The van der Waals surface area contributed by atoms with Crippen LogP contribution in [-0.4, -0.2) is 93.9 Å². The Morgan fingerprint density at radius 1 is 0.625 bits per heavy atom. The van der Waals surface area contributed by atoms with Gasteiger partial charge in [0.2, 0.25) is 23.6 Å². The van der Waals surface area contributed by atoms with Gasteiger partial charge in [0.05, 0.1) is 19.4 Å². The molecule has 0 saturated carbocycles. The fourth-order valence-electron chi connectivity index (χ4n) is 6.88. The summed E-state index contributed by atoms with van der Waals surface area (Å²) in [4.78, 5) is 107. The van der Waals surface area contributed by atoms with Crippen LogP contribution in [0.25, 0.3) is 21.7 Å². The van der Waals surface area contributed by atoms with Crippen molar-refractivity contribution < 1.29 is 52.6 Å². The second-order valence-corrected chi connectivity index (χ2v) is 18.0. The molecular formula is C48H61N5O11. The number of aromatic nitrogens is 1. The summed E-state index contributed by atoms with van der Waals surface area (Å²) in [6, 6.07) is 16.9. The van der Waals surface area contributed by atoms with Gasteiger partial charge in [-0.25, -0.2) is 0 Å². The summed E-state index contributed by atoms with van der Waals surface area (Å²) in [5, 5.41) is 13.2. The number of carbonyl (C=O) groups is 8. The monoisotopic (exact) mass is 883 g/mol. The number of esters is 3. The molecule has 4 unspecified atom stereocenters. The number of ether oxygens (including phenoxy) is 3. The highest BCUT2D eigenvalue weighted by molar-refractivity contribution is 5.98. The van der Waals surface area contributed by atoms with Crippen molar-refractivity contribution in [3.05, 3.63) is 84.6 Å². The van der Waals surface area contributed by atoms with Gasteiger partial charge in [0.1, 0.15) is 35.4 Å². The van der Waals surface area contributed by atoms with Crippen LogP contribution >= 0.6 is 0 Å². The summed E-state index contributed by atoms with van der Waals surface area (Å²) in [5.74, 6) is -6.53. The van der Waals surface area contributed by atoms with Crippen LogP contribution in [0.5, 0.6) is 0 Å². The number of nitrogens with zero attached hydrogens (tertiary/aromatic N) is 1. The molecule has 0 bridgehead atoms. The second kappa shape index (κ2) is 22.2. The Kier molecular flexibility index (Phi) is 17.3. The SMILES string of the molecule is CC(=O)NC(Cn1ccc2ccccc21)C(=O)NC(CCC(=O)OC(C)(C)C)C(=O)NC(C(=O)NC(CC(=O)OC(C)(C)C)C(=O)COC(=O)Cc1cccc2ccccc12)C(C)C. The third kappa shape index (κ3) is 15.6. The van der Waals surface area contributed by atoms with Crippen molar-refractivity contribution in [2.45, 2.75) is 130 Å². The van der Waals surface area contributed by atoms with Crippen LogP contribution in [0, 0.1) is 5.92 Å². The molecule has 0 saturated heterocycles. The van der Waals surface area contributed by atoms with E-state index in [1.54, 1.807) is 78.3 Å². The van der Waals surface area contributed by atoms with E-state index in [-0.39, 0.29) is 25.8 Å². The molecule has 4 N–H and O–H groups in total. The minimum atomic E-state index is -1.53. The Morgan fingerprint density at radius 2 is 1.22 bits per heavy atom. The third-order valence-corrected chi connectivity index (χ3v) is 9.78. The van der Waals surface area contributed by atoms with E-state index >= 15 is 0 Å². The first-order valence-corrected chi connectivity index (χ1v) is 21.3. The Morgan fingerprint density at radius 3 is 1.88 bits per heavy atom. The lowest BCUT2D eigenvalue weighted by Gasteiger charge is -2.28. The number of nitrogens with one attached hydrogen (secondary N) is 4. The molecule has 0 aliphatic heterocycles. The van der Waals surface area contributed by atoms with Crippen LogP contribution < -0.4 is 21.3 Å². The zero-order valence-corrected chi connectivity index (χ0v) is 38.1. The number of rotatable bonds is 20. The zero-order valence-electron chi connectivity index (χ0n) is 38.1. The average molecular weight is 884 g/mol. The number of hydrogen-bond donors (Lipinski definition) is 4. The van der Waals surface area contributed by atoms with Crippen molar-refractivity contribution in [2.75, 3.05) is 6.61 Å². The summed E-state index contributed by atoms with van der Waals surface area (Å²) >= 11 is 0. The highest BCUT2D eigenvalue weighted by Gasteiger charge is 2.35. The quantitative estimate of drug-likeness (QED) is 0.0710.